The Hall–Kier alpha value is -2.93. The molecular formula is C22H23ClFNO5. The van der Waals surface area contributed by atoms with Gasteiger partial charge in [-0.05, 0) is 48.7 Å². The van der Waals surface area contributed by atoms with Crippen molar-refractivity contribution in [1.82, 2.24) is 5.32 Å². The fourth-order valence-electron chi connectivity index (χ4n) is 3.26. The molecule has 2 aromatic carbocycles. The molecule has 0 aliphatic rings. The number of hydrogen-bond donors (Lipinski definition) is 3. The predicted molar refractivity (Wildman–Crippen MR) is 110 cm³/mol. The van der Waals surface area contributed by atoms with Crippen molar-refractivity contribution in [3.05, 3.63) is 70.5 Å². The van der Waals surface area contributed by atoms with Crippen molar-refractivity contribution >= 4 is 29.4 Å². The Kier molecular flexibility index (Phi) is 8.35. The number of carboxylic acids is 2. The Morgan fingerprint density at radius 1 is 1.00 bits per heavy atom. The largest absolute Gasteiger partial charge is 0.481 e. The summed E-state index contributed by atoms with van der Waals surface area (Å²) >= 11 is 5.97. The van der Waals surface area contributed by atoms with Crippen LogP contribution in [0.4, 0.5) is 4.39 Å². The highest BCUT2D eigenvalue weighted by Crippen LogP contribution is 2.26. The van der Waals surface area contributed by atoms with E-state index in [1.54, 1.807) is 31.2 Å². The molecule has 1 amide bonds. The fourth-order valence-corrected chi connectivity index (χ4v) is 3.39. The van der Waals surface area contributed by atoms with Crippen LogP contribution in [0.15, 0.2) is 48.5 Å². The number of halogens is 2. The Bertz CT molecular complexity index is 885. The van der Waals surface area contributed by atoms with Crippen molar-refractivity contribution in [2.75, 3.05) is 0 Å². The molecule has 2 rings (SSSR count). The lowest BCUT2D eigenvalue weighted by molar-refractivity contribution is -0.149. The molecule has 160 valence electrons. The molecule has 8 heteroatoms. The van der Waals surface area contributed by atoms with E-state index >= 15 is 0 Å². The highest BCUT2D eigenvalue weighted by molar-refractivity contribution is 6.30. The molecule has 0 aliphatic carbocycles. The van der Waals surface area contributed by atoms with Crippen LogP contribution < -0.4 is 5.32 Å². The van der Waals surface area contributed by atoms with Gasteiger partial charge in [0.2, 0.25) is 5.91 Å². The zero-order valence-corrected chi connectivity index (χ0v) is 17.1. The summed E-state index contributed by atoms with van der Waals surface area (Å²) in [5.74, 6) is -5.00. The average Bonchev–Trinajstić information content (AvgIpc) is 2.67. The number of carbonyl (C=O) groups is 3. The SMILES string of the molecule is CC(NC(=O)CC(CC(=O)O)C(=O)O)C(Cc1ccc(F)cc1)c1ccc(Cl)cc1. The van der Waals surface area contributed by atoms with E-state index in [1.807, 2.05) is 12.1 Å². The summed E-state index contributed by atoms with van der Waals surface area (Å²) in [5.41, 5.74) is 1.77. The number of aliphatic carboxylic acids is 2. The first-order valence-corrected chi connectivity index (χ1v) is 9.77. The summed E-state index contributed by atoms with van der Waals surface area (Å²) in [6.45, 7) is 1.79. The van der Waals surface area contributed by atoms with Crippen molar-refractivity contribution in [3.8, 4) is 0 Å². The lowest BCUT2D eigenvalue weighted by atomic mass is 9.86. The number of carbonyl (C=O) groups excluding carboxylic acids is 1. The highest BCUT2D eigenvalue weighted by atomic mass is 35.5. The van der Waals surface area contributed by atoms with Crippen molar-refractivity contribution in [2.24, 2.45) is 5.92 Å². The van der Waals surface area contributed by atoms with Crippen LogP contribution in [0, 0.1) is 11.7 Å². The van der Waals surface area contributed by atoms with Gasteiger partial charge in [0.05, 0.1) is 12.3 Å². The Morgan fingerprint density at radius 3 is 2.13 bits per heavy atom. The van der Waals surface area contributed by atoms with Crippen LogP contribution >= 0.6 is 11.6 Å². The summed E-state index contributed by atoms with van der Waals surface area (Å²) in [7, 11) is 0. The van der Waals surface area contributed by atoms with E-state index in [0.29, 0.717) is 11.4 Å². The molecule has 0 fully saturated rings. The summed E-state index contributed by atoms with van der Waals surface area (Å²) in [4.78, 5) is 34.5. The molecule has 0 aromatic heterocycles. The lowest BCUT2D eigenvalue weighted by Crippen LogP contribution is -2.39. The van der Waals surface area contributed by atoms with Crippen molar-refractivity contribution in [2.45, 2.75) is 38.1 Å². The van der Waals surface area contributed by atoms with Gasteiger partial charge >= 0.3 is 11.9 Å². The molecule has 3 unspecified atom stereocenters. The predicted octanol–water partition coefficient (Wildman–Crippen LogP) is 3.88. The maximum Gasteiger partial charge on any atom is 0.307 e. The molecule has 2 aromatic rings. The maximum atomic E-state index is 13.2. The minimum atomic E-state index is -1.33. The van der Waals surface area contributed by atoms with Crippen molar-refractivity contribution < 1.29 is 29.0 Å². The smallest absolute Gasteiger partial charge is 0.307 e. The highest BCUT2D eigenvalue weighted by Gasteiger charge is 2.27. The van der Waals surface area contributed by atoms with E-state index in [1.165, 1.54) is 12.1 Å². The molecular weight excluding hydrogens is 413 g/mol. The van der Waals surface area contributed by atoms with E-state index < -0.39 is 42.6 Å². The second kappa shape index (κ2) is 10.7. The van der Waals surface area contributed by atoms with Crippen molar-refractivity contribution in [3.63, 3.8) is 0 Å². The molecule has 0 spiro atoms. The first kappa shape index (κ1) is 23.3. The quantitative estimate of drug-likeness (QED) is 0.525. The van der Waals surface area contributed by atoms with Gasteiger partial charge < -0.3 is 15.5 Å². The van der Waals surface area contributed by atoms with Crippen LogP contribution in [0.25, 0.3) is 0 Å². The molecule has 3 atom stereocenters. The molecule has 0 saturated carbocycles. The van der Waals surface area contributed by atoms with E-state index in [-0.39, 0.29) is 11.7 Å². The van der Waals surface area contributed by atoms with E-state index in [2.05, 4.69) is 5.32 Å². The van der Waals surface area contributed by atoms with Gasteiger partial charge in [-0.1, -0.05) is 35.9 Å². The second-order valence-electron chi connectivity index (χ2n) is 7.18. The van der Waals surface area contributed by atoms with Crippen LogP contribution in [-0.2, 0) is 20.8 Å². The summed E-state index contributed by atoms with van der Waals surface area (Å²) < 4.78 is 13.2. The average molecular weight is 436 g/mol. The Balaban J connectivity index is 2.16. The standard InChI is InChI=1S/C22H23ClFNO5/c1-13(25-20(26)11-16(22(29)30)12-21(27)28)19(15-4-6-17(23)7-5-15)10-14-2-8-18(24)9-3-14/h2-9,13,16,19H,10-12H2,1H3,(H,25,26)(H,27,28)(H,29,30). The number of nitrogens with one attached hydrogen (secondary N) is 1. The fraction of sp³-hybridized carbons (Fsp3) is 0.318. The summed E-state index contributed by atoms with van der Waals surface area (Å²) in [6.07, 6.45) is -0.565. The number of rotatable bonds is 10. The van der Waals surface area contributed by atoms with E-state index in [0.717, 1.165) is 11.1 Å². The first-order chi connectivity index (χ1) is 14.2. The minimum absolute atomic E-state index is 0.195. The normalized spacial score (nSPS) is 13.8. The third-order valence-corrected chi connectivity index (χ3v) is 5.11. The molecule has 0 saturated heterocycles. The van der Waals surface area contributed by atoms with Gasteiger partial charge in [-0.2, -0.15) is 0 Å². The molecule has 3 N–H and O–H groups in total. The zero-order chi connectivity index (χ0) is 22.3. The number of hydrogen-bond acceptors (Lipinski definition) is 3. The van der Waals surface area contributed by atoms with Gasteiger partial charge in [0.15, 0.2) is 0 Å². The van der Waals surface area contributed by atoms with Crippen molar-refractivity contribution in [1.29, 1.82) is 0 Å². The summed E-state index contributed by atoms with van der Waals surface area (Å²) in [6, 6.07) is 12.8. The van der Waals surface area contributed by atoms with E-state index in [4.69, 9.17) is 21.8 Å². The van der Waals surface area contributed by atoms with E-state index in [9.17, 15) is 18.8 Å². The Labute approximate surface area is 178 Å². The lowest BCUT2D eigenvalue weighted by Gasteiger charge is -2.26. The monoisotopic (exact) mass is 435 g/mol. The van der Waals surface area contributed by atoms with Gasteiger partial charge in [0.1, 0.15) is 5.82 Å². The third-order valence-electron chi connectivity index (χ3n) is 4.86. The van der Waals surface area contributed by atoms with Crippen LogP contribution in [-0.4, -0.2) is 34.1 Å². The molecule has 30 heavy (non-hydrogen) atoms. The van der Waals surface area contributed by atoms with Gasteiger partial charge in [-0.15, -0.1) is 0 Å². The molecule has 0 radical (unpaired) electrons. The maximum absolute atomic E-state index is 13.2. The van der Waals surface area contributed by atoms with Gasteiger partial charge in [-0.25, -0.2) is 4.39 Å². The van der Waals surface area contributed by atoms with Crippen LogP contribution in [0.5, 0.6) is 0 Å². The minimum Gasteiger partial charge on any atom is -0.481 e. The first-order valence-electron chi connectivity index (χ1n) is 9.39. The molecule has 0 heterocycles. The number of amides is 1. The topological polar surface area (TPSA) is 104 Å². The molecule has 0 aliphatic heterocycles. The molecule has 0 bridgehead atoms. The zero-order valence-electron chi connectivity index (χ0n) is 16.3. The van der Waals surface area contributed by atoms with Gasteiger partial charge in [-0.3, -0.25) is 14.4 Å². The van der Waals surface area contributed by atoms with Crippen LogP contribution in [0.2, 0.25) is 5.02 Å². The van der Waals surface area contributed by atoms with Gasteiger partial charge in [0.25, 0.3) is 0 Å². The molecule has 6 nitrogen and oxygen atoms in total. The number of benzene rings is 2. The van der Waals surface area contributed by atoms with Crippen LogP contribution in [0.1, 0.15) is 36.8 Å². The van der Waals surface area contributed by atoms with Crippen LogP contribution in [0.3, 0.4) is 0 Å². The number of carboxylic acid groups (broad SMARTS) is 2. The Morgan fingerprint density at radius 2 is 1.60 bits per heavy atom. The second-order valence-corrected chi connectivity index (χ2v) is 7.62. The van der Waals surface area contributed by atoms with Gasteiger partial charge in [0, 0.05) is 23.4 Å². The third kappa shape index (κ3) is 7.15. The summed E-state index contributed by atoms with van der Waals surface area (Å²) in [5, 5.41) is 21.3.